The topological polar surface area (TPSA) is 64.9 Å². The Balaban J connectivity index is 2.32. The minimum absolute atomic E-state index is 0.174. The fourth-order valence-electron chi connectivity index (χ4n) is 1.77. The number of aromatic nitrogens is 2. The van der Waals surface area contributed by atoms with Crippen molar-refractivity contribution in [1.29, 1.82) is 0 Å². The zero-order valence-corrected chi connectivity index (χ0v) is 11.2. The summed E-state index contributed by atoms with van der Waals surface area (Å²) < 4.78 is 5.25. The Hall–Kier alpha value is -1.39. The highest BCUT2D eigenvalue weighted by molar-refractivity contribution is 6.31. The highest BCUT2D eigenvalue weighted by Crippen LogP contribution is 2.27. The van der Waals surface area contributed by atoms with Crippen LogP contribution in [0.3, 0.4) is 0 Å². The van der Waals surface area contributed by atoms with E-state index in [1.165, 1.54) is 0 Å². The maximum absolute atomic E-state index is 6.07. The van der Waals surface area contributed by atoms with E-state index in [2.05, 4.69) is 17.1 Å². The van der Waals surface area contributed by atoms with Crippen molar-refractivity contribution in [3.05, 3.63) is 34.6 Å². The summed E-state index contributed by atoms with van der Waals surface area (Å²) in [5, 5.41) is 4.61. The second-order valence-corrected chi connectivity index (χ2v) is 4.67. The largest absolute Gasteiger partial charge is 0.334 e. The first-order chi connectivity index (χ1) is 8.63. The van der Waals surface area contributed by atoms with Crippen LogP contribution in [-0.2, 0) is 0 Å². The summed E-state index contributed by atoms with van der Waals surface area (Å²) >= 11 is 6.07. The van der Waals surface area contributed by atoms with Crippen LogP contribution >= 0.6 is 11.6 Å². The monoisotopic (exact) mass is 265 g/mol. The first-order valence-corrected chi connectivity index (χ1v) is 6.36. The summed E-state index contributed by atoms with van der Waals surface area (Å²) in [6.45, 7) is 4.00. The number of nitrogens with zero attached hydrogens (tertiary/aromatic N) is 2. The Labute approximate surface area is 111 Å². The van der Waals surface area contributed by atoms with Crippen LogP contribution in [0.25, 0.3) is 11.5 Å². The van der Waals surface area contributed by atoms with Gasteiger partial charge in [0.05, 0.1) is 6.04 Å². The van der Waals surface area contributed by atoms with Crippen LogP contribution in [0.5, 0.6) is 0 Å². The van der Waals surface area contributed by atoms with E-state index in [0.717, 1.165) is 24.0 Å². The second-order valence-electron chi connectivity index (χ2n) is 4.27. The molecular formula is C13H16ClN3O. The zero-order valence-electron chi connectivity index (χ0n) is 10.5. The van der Waals surface area contributed by atoms with Gasteiger partial charge < -0.3 is 10.3 Å². The Kier molecular flexibility index (Phi) is 3.99. The first kappa shape index (κ1) is 13.1. The molecule has 0 aliphatic heterocycles. The number of nitrogens with two attached hydrogens (primary N) is 1. The van der Waals surface area contributed by atoms with Crippen molar-refractivity contribution < 1.29 is 4.52 Å². The van der Waals surface area contributed by atoms with Crippen LogP contribution in [-0.4, -0.2) is 10.1 Å². The molecule has 0 radical (unpaired) electrons. The number of benzene rings is 1. The summed E-state index contributed by atoms with van der Waals surface area (Å²) in [5.41, 5.74) is 7.73. The van der Waals surface area contributed by atoms with Gasteiger partial charge in [0.25, 0.3) is 5.89 Å². The number of hydrogen-bond acceptors (Lipinski definition) is 4. The fourth-order valence-corrected chi connectivity index (χ4v) is 1.95. The van der Waals surface area contributed by atoms with Crippen molar-refractivity contribution in [2.75, 3.05) is 0 Å². The quantitative estimate of drug-likeness (QED) is 0.919. The van der Waals surface area contributed by atoms with E-state index >= 15 is 0 Å². The molecule has 1 aromatic heterocycles. The molecule has 0 saturated heterocycles. The molecule has 1 aromatic carbocycles. The van der Waals surface area contributed by atoms with Crippen molar-refractivity contribution in [3.63, 3.8) is 0 Å². The molecule has 0 spiro atoms. The summed E-state index contributed by atoms with van der Waals surface area (Å²) in [4.78, 5) is 4.34. The maximum atomic E-state index is 6.07. The van der Waals surface area contributed by atoms with Crippen LogP contribution in [0, 0.1) is 6.92 Å². The molecule has 0 fully saturated rings. The van der Waals surface area contributed by atoms with E-state index in [1.807, 2.05) is 25.1 Å². The van der Waals surface area contributed by atoms with Crippen molar-refractivity contribution in [3.8, 4) is 11.5 Å². The lowest BCUT2D eigenvalue weighted by atomic mass is 10.1. The van der Waals surface area contributed by atoms with Crippen LogP contribution in [0.15, 0.2) is 22.7 Å². The van der Waals surface area contributed by atoms with Crippen LogP contribution < -0.4 is 5.73 Å². The van der Waals surface area contributed by atoms with Gasteiger partial charge in [-0.1, -0.05) is 36.2 Å². The number of rotatable bonds is 4. The minimum atomic E-state index is -0.174. The molecule has 1 atom stereocenters. The van der Waals surface area contributed by atoms with E-state index in [-0.39, 0.29) is 6.04 Å². The van der Waals surface area contributed by atoms with Gasteiger partial charge >= 0.3 is 0 Å². The summed E-state index contributed by atoms with van der Waals surface area (Å²) in [5.74, 6) is 1.02. The van der Waals surface area contributed by atoms with Gasteiger partial charge in [-0.15, -0.1) is 0 Å². The molecule has 2 N–H and O–H groups in total. The van der Waals surface area contributed by atoms with E-state index in [4.69, 9.17) is 21.9 Å². The molecule has 0 amide bonds. The Morgan fingerprint density at radius 3 is 2.94 bits per heavy atom. The molecular weight excluding hydrogens is 250 g/mol. The molecule has 18 heavy (non-hydrogen) atoms. The van der Waals surface area contributed by atoms with E-state index in [9.17, 15) is 0 Å². The Morgan fingerprint density at radius 2 is 2.22 bits per heavy atom. The molecule has 0 aliphatic rings. The number of halogens is 1. The third-order valence-electron chi connectivity index (χ3n) is 2.87. The van der Waals surface area contributed by atoms with Gasteiger partial charge in [0.1, 0.15) is 0 Å². The van der Waals surface area contributed by atoms with Gasteiger partial charge in [-0.3, -0.25) is 0 Å². The molecule has 0 bridgehead atoms. The van der Waals surface area contributed by atoms with Crippen LogP contribution in [0.4, 0.5) is 0 Å². The smallest absolute Gasteiger partial charge is 0.258 e. The summed E-state index contributed by atoms with van der Waals surface area (Å²) in [7, 11) is 0. The second kappa shape index (κ2) is 5.50. The highest BCUT2D eigenvalue weighted by atomic mass is 35.5. The molecule has 2 rings (SSSR count). The molecule has 0 aliphatic carbocycles. The predicted molar refractivity (Wildman–Crippen MR) is 71.3 cm³/mol. The normalized spacial score (nSPS) is 12.7. The molecule has 1 heterocycles. The van der Waals surface area contributed by atoms with Crippen molar-refractivity contribution in [1.82, 2.24) is 10.1 Å². The van der Waals surface area contributed by atoms with Crippen molar-refractivity contribution >= 4 is 11.6 Å². The molecule has 96 valence electrons. The lowest BCUT2D eigenvalue weighted by Crippen LogP contribution is -2.11. The summed E-state index contributed by atoms with van der Waals surface area (Å²) in [6.07, 6.45) is 1.83. The molecule has 1 unspecified atom stereocenters. The van der Waals surface area contributed by atoms with Crippen molar-refractivity contribution in [2.24, 2.45) is 5.73 Å². The van der Waals surface area contributed by atoms with Gasteiger partial charge in [-0.2, -0.15) is 4.98 Å². The SMILES string of the molecule is CCCC(N)c1noc(-c2cccc(Cl)c2C)n1. The van der Waals surface area contributed by atoms with E-state index < -0.39 is 0 Å². The maximum Gasteiger partial charge on any atom is 0.258 e. The Morgan fingerprint density at radius 1 is 1.44 bits per heavy atom. The fraction of sp³-hybridized carbons (Fsp3) is 0.385. The minimum Gasteiger partial charge on any atom is -0.334 e. The molecule has 2 aromatic rings. The average molecular weight is 266 g/mol. The third-order valence-corrected chi connectivity index (χ3v) is 3.28. The lowest BCUT2D eigenvalue weighted by Gasteiger charge is -2.03. The lowest BCUT2D eigenvalue weighted by molar-refractivity contribution is 0.413. The molecule has 0 saturated carbocycles. The highest BCUT2D eigenvalue weighted by Gasteiger charge is 2.16. The Bertz CT molecular complexity index is 539. The van der Waals surface area contributed by atoms with E-state index in [1.54, 1.807) is 0 Å². The zero-order chi connectivity index (χ0) is 13.1. The number of hydrogen-bond donors (Lipinski definition) is 1. The van der Waals surface area contributed by atoms with E-state index in [0.29, 0.717) is 16.7 Å². The average Bonchev–Trinajstić information content (AvgIpc) is 2.82. The third kappa shape index (κ3) is 2.54. The first-order valence-electron chi connectivity index (χ1n) is 5.98. The van der Waals surface area contributed by atoms with Crippen LogP contribution in [0.2, 0.25) is 5.02 Å². The van der Waals surface area contributed by atoms with Gasteiger partial charge in [-0.25, -0.2) is 0 Å². The summed E-state index contributed by atoms with van der Waals surface area (Å²) in [6, 6.07) is 5.43. The molecule has 5 heteroatoms. The van der Waals surface area contributed by atoms with Gasteiger partial charge in [0.15, 0.2) is 5.82 Å². The standard InChI is InChI=1S/C13H16ClN3O/c1-3-5-11(15)12-16-13(18-17-12)9-6-4-7-10(14)8(9)2/h4,6-7,11H,3,5,15H2,1-2H3. The van der Waals surface area contributed by atoms with Crippen molar-refractivity contribution in [2.45, 2.75) is 32.7 Å². The van der Waals surface area contributed by atoms with Crippen LogP contribution in [0.1, 0.15) is 37.2 Å². The van der Waals surface area contributed by atoms with Gasteiger partial charge in [-0.05, 0) is 31.0 Å². The predicted octanol–water partition coefficient (Wildman–Crippen LogP) is 3.50. The van der Waals surface area contributed by atoms with Gasteiger partial charge in [0.2, 0.25) is 0 Å². The van der Waals surface area contributed by atoms with Gasteiger partial charge in [0, 0.05) is 10.6 Å². The molecule has 4 nitrogen and oxygen atoms in total.